The lowest BCUT2D eigenvalue weighted by Gasteiger charge is -2.29. The number of hydrazine groups is 1. The van der Waals surface area contributed by atoms with Crippen LogP contribution in [0.2, 0.25) is 0 Å². The molecule has 2 aliphatic heterocycles. The van der Waals surface area contributed by atoms with Gasteiger partial charge in [0.1, 0.15) is 12.6 Å². The van der Waals surface area contributed by atoms with Gasteiger partial charge in [-0.2, -0.15) is 13.5 Å². The average molecular weight is 432 g/mol. The summed E-state index contributed by atoms with van der Waals surface area (Å²) in [5.41, 5.74) is 9.17. The molecule has 0 aliphatic carbocycles. The first-order valence-corrected chi connectivity index (χ1v) is 9.47. The molecule has 2 saturated heterocycles. The van der Waals surface area contributed by atoms with Crippen molar-refractivity contribution in [3.8, 4) is 0 Å². The predicted octanol–water partition coefficient (Wildman–Crippen LogP) is -3.47. The van der Waals surface area contributed by atoms with Gasteiger partial charge in [0.2, 0.25) is 0 Å². The van der Waals surface area contributed by atoms with Crippen LogP contribution in [0.25, 0.3) is 0 Å². The summed E-state index contributed by atoms with van der Waals surface area (Å²) in [7, 11) is -4.89. The van der Waals surface area contributed by atoms with Crippen molar-refractivity contribution >= 4 is 34.2 Å². The predicted molar refractivity (Wildman–Crippen MR) is 88.2 cm³/mol. The van der Waals surface area contributed by atoms with Crippen LogP contribution in [-0.2, 0) is 30.8 Å². The number of hydroxylamine groups is 2. The van der Waals surface area contributed by atoms with E-state index in [0.717, 1.165) is 15.8 Å². The maximum atomic E-state index is 12.3. The van der Waals surface area contributed by atoms with Crippen LogP contribution in [0, 0.1) is 0 Å². The SMILES string of the molecule is NC(=O)c1cn(CC(=O)NNC(=O)[C@@H]2CC[C@@H]3CN2C(=O)N3OS(=O)(=O)O)nn1. The Morgan fingerprint density at radius 3 is 2.66 bits per heavy atom. The molecule has 0 saturated carbocycles. The largest absolute Gasteiger partial charge is 0.418 e. The van der Waals surface area contributed by atoms with Crippen LogP contribution >= 0.6 is 0 Å². The number of piperidine rings is 1. The third kappa shape index (κ3) is 4.58. The zero-order valence-electron chi connectivity index (χ0n) is 14.6. The van der Waals surface area contributed by atoms with E-state index >= 15 is 0 Å². The van der Waals surface area contributed by atoms with Crippen molar-refractivity contribution in [2.45, 2.75) is 31.5 Å². The number of carbonyl (C=O) groups is 4. The Labute approximate surface area is 162 Å². The van der Waals surface area contributed by atoms with Gasteiger partial charge in [0.25, 0.3) is 17.7 Å². The number of hydrogen-bond donors (Lipinski definition) is 4. The summed E-state index contributed by atoms with van der Waals surface area (Å²) in [4.78, 5) is 48.5. The number of amides is 5. The second kappa shape index (κ2) is 7.60. The summed E-state index contributed by atoms with van der Waals surface area (Å²) < 4.78 is 35.8. The molecule has 16 nitrogen and oxygen atoms in total. The summed E-state index contributed by atoms with van der Waals surface area (Å²) in [6.45, 7) is -0.360. The first kappa shape index (κ1) is 20.4. The first-order valence-electron chi connectivity index (χ1n) is 8.10. The first-order chi connectivity index (χ1) is 13.5. The smallest absolute Gasteiger partial charge is 0.364 e. The summed E-state index contributed by atoms with van der Waals surface area (Å²) >= 11 is 0. The molecule has 2 bridgehead atoms. The molecule has 1 aromatic heterocycles. The van der Waals surface area contributed by atoms with Gasteiger partial charge in [0, 0.05) is 6.54 Å². The number of fused-ring (bicyclic) bond motifs is 2. The quantitative estimate of drug-likeness (QED) is 0.257. The highest BCUT2D eigenvalue weighted by atomic mass is 32.3. The number of aromatic nitrogens is 3. The molecule has 1 aromatic rings. The molecule has 0 radical (unpaired) electrons. The van der Waals surface area contributed by atoms with E-state index in [1.165, 1.54) is 0 Å². The lowest BCUT2D eigenvalue weighted by Crippen LogP contribution is -2.54. The number of nitrogens with two attached hydrogens (primary N) is 1. The van der Waals surface area contributed by atoms with E-state index in [4.69, 9.17) is 10.3 Å². The van der Waals surface area contributed by atoms with E-state index in [9.17, 15) is 27.6 Å². The van der Waals surface area contributed by atoms with Crippen LogP contribution in [-0.4, -0.2) is 80.3 Å². The van der Waals surface area contributed by atoms with Crippen LogP contribution < -0.4 is 16.6 Å². The number of urea groups is 1. The van der Waals surface area contributed by atoms with Crippen LogP contribution in [0.15, 0.2) is 6.20 Å². The standard InChI is InChI=1S/C12H16N8O8S/c13-10(22)7-4-18(17-14-7)5-9(21)15-16-11(23)8-2-1-6-3-19(8)12(24)20(6)28-29(25,26)27/h4,6,8H,1-3,5H2,(H2,13,22)(H,15,21)(H,16,23)(H,25,26,27)/t6-,8+/m1/s1. The second-order valence-corrected chi connectivity index (χ2v) is 7.22. The molecule has 0 unspecified atom stereocenters. The second-order valence-electron chi connectivity index (χ2n) is 6.21. The van der Waals surface area contributed by atoms with Crippen molar-refractivity contribution in [3.63, 3.8) is 0 Å². The van der Waals surface area contributed by atoms with Crippen molar-refractivity contribution < 1.29 is 36.4 Å². The summed E-state index contributed by atoms with van der Waals surface area (Å²) in [6.07, 6.45) is 1.56. The number of nitrogens with one attached hydrogen (secondary N) is 2. The Balaban J connectivity index is 1.54. The third-order valence-electron chi connectivity index (χ3n) is 4.22. The van der Waals surface area contributed by atoms with Gasteiger partial charge in [-0.1, -0.05) is 5.21 Å². The van der Waals surface area contributed by atoms with Gasteiger partial charge in [0.15, 0.2) is 5.69 Å². The van der Waals surface area contributed by atoms with Crippen molar-refractivity contribution in [1.82, 2.24) is 35.8 Å². The summed E-state index contributed by atoms with van der Waals surface area (Å²) in [5.74, 6) is -2.23. The molecule has 2 atom stereocenters. The lowest BCUT2D eigenvalue weighted by molar-refractivity contribution is -0.132. The zero-order chi connectivity index (χ0) is 21.3. The van der Waals surface area contributed by atoms with Crippen molar-refractivity contribution in [3.05, 3.63) is 11.9 Å². The molecule has 158 valence electrons. The van der Waals surface area contributed by atoms with Crippen molar-refractivity contribution in [2.24, 2.45) is 5.73 Å². The van der Waals surface area contributed by atoms with E-state index in [-0.39, 0.29) is 31.6 Å². The van der Waals surface area contributed by atoms with Crippen LogP contribution in [0.1, 0.15) is 23.3 Å². The molecular formula is C12H16N8O8S. The summed E-state index contributed by atoms with van der Waals surface area (Å²) in [6, 6.07) is -2.53. The fourth-order valence-corrected chi connectivity index (χ4v) is 3.38. The van der Waals surface area contributed by atoms with Gasteiger partial charge in [-0.3, -0.25) is 29.8 Å². The maximum Gasteiger partial charge on any atom is 0.418 e. The third-order valence-corrected chi connectivity index (χ3v) is 4.57. The van der Waals surface area contributed by atoms with Gasteiger partial charge >= 0.3 is 16.4 Å². The highest BCUT2D eigenvalue weighted by molar-refractivity contribution is 7.80. The molecule has 0 spiro atoms. The van der Waals surface area contributed by atoms with E-state index in [2.05, 4.69) is 25.4 Å². The number of hydrogen-bond acceptors (Lipinski definition) is 9. The molecule has 17 heteroatoms. The van der Waals surface area contributed by atoms with E-state index in [1.807, 2.05) is 0 Å². The Hall–Kier alpha value is -3.31. The average Bonchev–Trinajstić information content (AvgIpc) is 3.18. The Kier molecular flexibility index (Phi) is 5.36. The van der Waals surface area contributed by atoms with Crippen molar-refractivity contribution in [2.75, 3.05) is 6.54 Å². The Bertz CT molecular complexity index is 961. The molecule has 2 aliphatic rings. The maximum absolute atomic E-state index is 12.3. The van der Waals surface area contributed by atoms with Gasteiger partial charge < -0.3 is 10.6 Å². The fourth-order valence-electron chi connectivity index (χ4n) is 2.99. The Morgan fingerprint density at radius 1 is 1.31 bits per heavy atom. The number of nitrogens with zero attached hydrogens (tertiary/aromatic N) is 5. The molecule has 5 amide bonds. The topological polar surface area (TPSA) is 219 Å². The molecule has 5 N–H and O–H groups in total. The number of rotatable bonds is 6. The summed E-state index contributed by atoms with van der Waals surface area (Å²) in [5, 5.41) is 7.48. The Morgan fingerprint density at radius 2 is 2.03 bits per heavy atom. The molecule has 3 heterocycles. The van der Waals surface area contributed by atoms with Crippen LogP contribution in [0.3, 0.4) is 0 Å². The number of carbonyl (C=O) groups excluding carboxylic acids is 4. The fraction of sp³-hybridized carbons (Fsp3) is 0.500. The van der Waals surface area contributed by atoms with E-state index < -0.39 is 46.2 Å². The molecular weight excluding hydrogens is 416 g/mol. The van der Waals surface area contributed by atoms with Gasteiger partial charge in [-0.15, -0.1) is 9.38 Å². The zero-order valence-corrected chi connectivity index (χ0v) is 15.4. The van der Waals surface area contributed by atoms with Crippen LogP contribution in [0.4, 0.5) is 4.79 Å². The minimum absolute atomic E-state index is 0.00916. The van der Waals surface area contributed by atoms with E-state index in [1.54, 1.807) is 0 Å². The molecule has 2 fully saturated rings. The minimum atomic E-state index is -4.89. The highest BCUT2D eigenvalue weighted by Gasteiger charge is 2.49. The minimum Gasteiger partial charge on any atom is -0.364 e. The molecule has 3 rings (SSSR count). The molecule has 0 aromatic carbocycles. The lowest BCUT2D eigenvalue weighted by atomic mass is 10.0. The van der Waals surface area contributed by atoms with Gasteiger partial charge in [-0.25, -0.2) is 9.48 Å². The van der Waals surface area contributed by atoms with Gasteiger partial charge in [-0.05, 0) is 12.8 Å². The normalized spacial score (nSPS) is 21.2. The van der Waals surface area contributed by atoms with Crippen LogP contribution in [0.5, 0.6) is 0 Å². The highest BCUT2D eigenvalue weighted by Crippen LogP contribution is 2.30. The monoisotopic (exact) mass is 432 g/mol. The van der Waals surface area contributed by atoms with E-state index in [0.29, 0.717) is 5.06 Å². The van der Waals surface area contributed by atoms with Gasteiger partial charge in [0.05, 0.1) is 12.2 Å². The van der Waals surface area contributed by atoms with Crippen molar-refractivity contribution in [1.29, 1.82) is 0 Å². The molecule has 29 heavy (non-hydrogen) atoms. The number of primary amides is 1.